The van der Waals surface area contributed by atoms with Crippen LogP contribution in [0.25, 0.3) is 0 Å². The van der Waals surface area contributed by atoms with Crippen molar-refractivity contribution in [3.05, 3.63) is 11.6 Å². The number of hydrogen-bond donors (Lipinski definition) is 2. The smallest absolute Gasteiger partial charge is 0.293 e. The van der Waals surface area contributed by atoms with Gasteiger partial charge in [-0.2, -0.15) is 0 Å². The van der Waals surface area contributed by atoms with Crippen molar-refractivity contribution in [2.45, 2.75) is 44.7 Å². The van der Waals surface area contributed by atoms with Crippen molar-refractivity contribution in [1.82, 2.24) is 25.4 Å². The minimum Gasteiger partial charge on any atom is -0.331 e. The van der Waals surface area contributed by atoms with Crippen molar-refractivity contribution in [2.75, 3.05) is 13.1 Å². The van der Waals surface area contributed by atoms with E-state index in [1.807, 2.05) is 11.8 Å². The first-order valence-corrected chi connectivity index (χ1v) is 6.69. The van der Waals surface area contributed by atoms with E-state index in [0.29, 0.717) is 23.7 Å². The number of carbonyl (C=O) groups excluding carboxylic acids is 1. The molecule has 18 heavy (non-hydrogen) atoms. The van der Waals surface area contributed by atoms with Crippen LogP contribution in [0.4, 0.5) is 0 Å². The van der Waals surface area contributed by atoms with E-state index >= 15 is 0 Å². The van der Waals surface area contributed by atoms with E-state index in [-0.39, 0.29) is 5.91 Å². The summed E-state index contributed by atoms with van der Waals surface area (Å²) in [5.41, 5.74) is 0. The second-order valence-electron chi connectivity index (χ2n) is 5.16. The predicted octanol–water partition coefficient (Wildman–Crippen LogP) is 0.470. The molecule has 1 amide bonds. The molecule has 3 rings (SSSR count). The molecule has 0 radical (unpaired) electrons. The maximum absolute atomic E-state index is 12.4. The van der Waals surface area contributed by atoms with Gasteiger partial charge in [0.25, 0.3) is 5.91 Å². The average Bonchev–Trinajstić information content (AvgIpc) is 3.08. The molecule has 2 saturated heterocycles. The maximum atomic E-state index is 12.4. The third-order valence-corrected chi connectivity index (χ3v) is 3.91. The van der Waals surface area contributed by atoms with Gasteiger partial charge in [0.2, 0.25) is 5.82 Å². The summed E-state index contributed by atoms with van der Waals surface area (Å²) in [6, 6.07) is 0.773. The van der Waals surface area contributed by atoms with Crippen LogP contribution in [0.15, 0.2) is 0 Å². The molecule has 2 N–H and O–H groups in total. The lowest BCUT2D eigenvalue weighted by molar-refractivity contribution is 0.0699. The van der Waals surface area contributed by atoms with Crippen LogP contribution < -0.4 is 5.32 Å². The van der Waals surface area contributed by atoms with Gasteiger partial charge in [-0.05, 0) is 39.2 Å². The Morgan fingerprint density at radius 3 is 2.94 bits per heavy atom. The number of rotatable bonds is 2. The minimum absolute atomic E-state index is 0.0319. The molecule has 3 heterocycles. The van der Waals surface area contributed by atoms with Crippen molar-refractivity contribution in [1.29, 1.82) is 0 Å². The number of carbonyl (C=O) groups is 1. The van der Waals surface area contributed by atoms with Crippen molar-refractivity contribution >= 4 is 5.91 Å². The summed E-state index contributed by atoms with van der Waals surface area (Å²) in [7, 11) is 0. The van der Waals surface area contributed by atoms with Crippen molar-refractivity contribution < 1.29 is 4.79 Å². The fourth-order valence-electron chi connectivity index (χ4n) is 3.07. The first-order valence-electron chi connectivity index (χ1n) is 6.69. The second-order valence-corrected chi connectivity index (χ2v) is 5.16. The van der Waals surface area contributed by atoms with Crippen molar-refractivity contribution in [3.8, 4) is 0 Å². The number of hydrogen-bond acceptors (Lipinski definition) is 4. The lowest BCUT2D eigenvalue weighted by atomic mass is 10.0. The van der Waals surface area contributed by atoms with Gasteiger partial charge in [0.05, 0.1) is 0 Å². The molecule has 0 bridgehead atoms. The Bertz CT molecular complexity index is 437. The molecule has 6 nitrogen and oxygen atoms in total. The highest BCUT2D eigenvalue weighted by atomic mass is 16.2. The van der Waals surface area contributed by atoms with Crippen molar-refractivity contribution in [3.63, 3.8) is 0 Å². The van der Waals surface area contributed by atoms with E-state index in [2.05, 4.69) is 20.5 Å². The van der Waals surface area contributed by atoms with E-state index in [1.54, 1.807) is 0 Å². The Labute approximate surface area is 106 Å². The molecule has 0 aromatic carbocycles. The van der Waals surface area contributed by atoms with Gasteiger partial charge in [-0.1, -0.05) is 0 Å². The minimum atomic E-state index is -0.0319. The standard InChI is InChI=1S/C12H19N5O/c1-8-14-11(16-15-8)12(18)17-7-3-5-10(17)9-4-2-6-13-9/h9-10,13H,2-7H2,1H3,(H,14,15,16). The summed E-state index contributed by atoms with van der Waals surface area (Å²) in [5.74, 6) is 0.959. The van der Waals surface area contributed by atoms with E-state index in [0.717, 1.165) is 25.9 Å². The van der Waals surface area contributed by atoms with Gasteiger partial charge in [-0.15, -0.1) is 5.10 Å². The Balaban J connectivity index is 1.75. The fraction of sp³-hybridized carbons (Fsp3) is 0.750. The summed E-state index contributed by atoms with van der Waals surface area (Å²) >= 11 is 0. The highest BCUT2D eigenvalue weighted by Gasteiger charge is 2.37. The summed E-state index contributed by atoms with van der Waals surface area (Å²) in [6.07, 6.45) is 4.55. The molecule has 2 unspecified atom stereocenters. The Morgan fingerprint density at radius 2 is 2.28 bits per heavy atom. The van der Waals surface area contributed by atoms with Gasteiger partial charge in [0.15, 0.2) is 0 Å². The van der Waals surface area contributed by atoms with Crippen LogP contribution in [0, 0.1) is 6.92 Å². The summed E-state index contributed by atoms with van der Waals surface area (Å²) < 4.78 is 0. The largest absolute Gasteiger partial charge is 0.331 e. The Hall–Kier alpha value is -1.43. The predicted molar refractivity (Wildman–Crippen MR) is 66.2 cm³/mol. The number of H-pyrrole nitrogens is 1. The number of likely N-dealkylation sites (tertiary alicyclic amines) is 1. The molecule has 0 spiro atoms. The van der Waals surface area contributed by atoms with E-state index in [1.165, 1.54) is 12.8 Å². The Morgan fingerprint density at radius 1 is 1.39 bits per heavy atom. The molecule has 1 aromatic heterocycles. The van der Waals surface area contributed by atoms with Crippen LogP contribution in [0.2, 0.25) is 0 Å². The molecule has 6 heteroatoms. The molecular formula is C12H19N5O. The molecule has 98 valence electrons. The van der Waals surface area contributed by atoms with E-state index in [4.69, 9.17) is 0 Å². The number of nitrogens with one attached hydrogen (secondary N) is 2. The molecule has 2 aliphatic rings. The normalized spacial score (nSPS) is 27.9. The van der Waals surface area contributed by atoms with E-state index < -0.39 is 0 Å². The number of aryl methyl sites for hydroxylation is 1. The fourth-order valence-corrected chi connectivity index (χ4v) is 3.07. The molecule has 2 fully saturated rings. The highest BCUT2D eigenvalue weighted by molar-refractivity contribution is 5.90. The third kappa shape index (κ3) is 2.01. The monoisotopic (exact) mass is 249 g/mol. The molecule has 1 aromatic rings. The van der Waals surface area contributed by atoms with Crippen LogP contribution >= 0.6 is 0 Å². The topological polar surface area (TPSA) is 73.9 Å². The molecule has 0 saturated carbocycles. The molecule has 0 aliphatic carbocycles. The lowest BCUT2D eigenvalue weighted by Gasteiger charge is -2.28. The van der Waals surface area contributed by atoms with Gasteiger partial charge in [-0.3, -0.25) is 9.89 Å². The average molecular weight is 249 g/mol. The van der Waals surface area contributed by atoms with E-state index in [9.17, 15) is 4.79 Å². The van der Waals surface area contributed by atoms with Gasteiger partial charge in [0.1, 0.15) is 5.82 Å². The first kappa shape index (κ1) is 11.6. The number of aromatic nitrogens is 3. The molecule has 2 aliphatic heterocycles. The lowest BCUT2D eigenvalue weighted by Crippen LogP contribution is -2.46. The van der Waals surface area contributed by atoms with Crippen LogP contribution in [0.1, 0.15) is 42.1 Å². The SMILES string of the molecule is Cc1nc(C(=O)N2CCCC2C2CCCN2)n[nH]1. The van der Waals surface area contributed by atoms with Crippen LogP contribution in [-0.2, 0) is 0 Å². The number of amides is 1. The number of nitrogens with zero attached hydrogens (tertiary/aromatic N) is 3. The molecule has 2 atom stereocenters. The maximum Gasteiger partial charge on any atom is 0.293 e. The van der Waals surface area contributed by atoms with Gasteiger partial charge >= 0.3 is 0 Å². The first-order chi connectivity index (χ1) is 8.75. The quantitative estimate of drug-likeness (QED) is 0.799. The van der Waals surface area contributed by atoms with Gasteiger partial charge < -0.3 is 10.2 Å². The van der Waals surface area contributed by atoms with Gasteiger partial charge in [-0.25, -0.2) is 4.98 Å². The zero-order valence-electron chi connectivity index (χ0n) is 10.6. The third-order valence-electron chi connectivity index (χ3n) is 3.91. The summed E-state index contributed by atoms with van der Waals surface area (Å²) in [5, 5.41) is 10.2. The number of aromatic amines is 1. The van der Waals surface area contributed by atoms with Crippen molar-refractivity contribution in [2.24, 2.45) is 0 Å². The zero-order valence-corrected chi connectivity index (χ0v) is 10.6. The molecular weight excluding hydrogens is 230 g/mol. The summed E-state index contributed by atoms with van der Waals surface area (Å²) in [4.78, 5) is 18.5. The van der Waals surface area contributed by atoms with Crippen LogP contribution in [0.5, 0.6) is 0 Å². The van der Waals surface area contributed by atoms with Gasteiger partial charge in [0, 0.05) is 18.6 Å². The zero-order chi connectivity index (χ0) is 12.5. The summed E-state index contributed by atoms with van der Waals surface area (Å²) in [6.45, 7) is 3.71. The van der Waals surface area contributed by atoms with Crippen LogP contribution in [-0.4, -0.2) is 51.2 Å². The van der Waals surface area contributed by atoms with Crippen LogP contribution in [0.3, 0.4) is 0 Å². The highest BCUT2D eigenvalue weighted by Crippen LogP contribution is 2.25. The Kier molecular flexibility index (Phi) is 3.03. The second kappa shape index (κ2) is 4.68.